The lowest BCUT2D eigenvalue weighted by Crippen LogP contribution is -2.67. The van der Waals surface area contributed by atoms with Gasteiger partial charge in [0, 0.05) is 5.69 Å². The highest BCUT2D eigenvalue weighted by molar-refractivity contribution is 6.24. The smallest absolute Gasteiger partial charge is 0.262 e. The molecule has 0 radical (unpaired) electrons. The molecule has 3 amide bonds. The Hall–Kier alpha value is -3.80. The van der Waals surface area contributed by atoms with Crippen LogP contribution in [0.15, 0.2) is 72.8 Å². The maximum atomic E-state index is 13.5. The van der Waals surface area contributed by atoms with Crippen molar-refractivity contribution in [3.63, 3.8) is 0 Å². The molecule has 0 unspecified atom stereocenters. The molecule has 30 heavy (non-hydrogen) atoms. The van der Waals surface area contributed by atoms with Crippen molar-refractivity contribution in [2.24, 2.45) is 0 Å². The van der Waals surface area contributed by atoms with E-state index in [0.717, 1.165) is 10.5 Å². The molecule has 0 bridgehead atoms. The number of aryl methyl sites for hydroxylation is 1. The molecule has 2 heterocycles. The summed E-state index contributed by atoms with van der Waals surface area (Å²) in [5.74, 6) is -1.71. The molecule has 3 aromatic rings. The van der Waals surface area contributed by atoms with Crippen LogP contribution in [0.5, 0.6) is 0 Å². The Bertz CT molecular complexity index is 1170. The number of halogens is 1. The second-order valence-corrected chi connectivity index (χ2v) is 7.51. The first-order valence-corrected chi connectivity index (χ1v) is 9.59. The number of carbonyl (C=O) groups is 3. The van der Waals surface area contributed by atoms with Crippen LogP contribution in [0.25, 0.3) is 0 Å². The molecule has 148 valence electrons. The Labute approximate surface area is 172 Å². The molecule has 6 heteroatoms. The highest BCUT2D eigenvalue weighted by Crippen LogP contribution is 2.44. The average molecular weight is 400 g/mol. The predicted octanol–water partition coefficient (Wildman–Crippen LogP) is 3.89. The van der Waals surface area contributed by atoms with Crippen LogP contribution in [0, 0.1) is 12.7 Å². The summed E-state index contributed by atoms with van der Waals surface area (Å²) >= 11 is 0. The molecule has 5 nitrogen and oxygen atoms in total. The van der Waals surface area contributed by atoms with Gasteiger partial charge in [-0.25, -0.2) is 4.39 Å². The summed E-state index contributed by atoms with van der Waals surface area (Å²) < 4.78 is 13.5. The van der Waals surface area contributed by atoms with Crippen LogP contribution in [0.2, 0.25) is 0 Å². The van der Waals surface area contributed by atoms with E-state index in [9.17, 15) is 18.8 Å². The van der Waals surface area contributed by atoms with Gasteiger partial charge < -0.3 is 4.90 Å². The zero-order chi connectivity index (χ0) is 21.0. The summed E-state index contributed by atoms with van der Waals surface area (Å²) in [6.45, 7) is 1.92. The summed E-state index contributed by atoms with van der Waals surface area (Å²) in [4.78, 5) is 41.9. The van der Waals surface area contributed by atoms with Gasteiger partial charge in [0.25, 0.3) is 17.7 Å². The standard InChI is InChI=1S/C24H17FN2O3/c1-14-5-4-6-17(13-14)26-20(15-9-11-16(25)12-10-15)21(24(26)30)27-22(28)18-7-2-3-8-19(18)23(27)29/h2-13,20-21H,1H3/t20-,21-/m0/s1. The molecule has 2 atom stereocenters. The van der Waals surface area contributed by atoms with Crippen molar-refractivity contribution in [3.05, 3.63) is 101 Å². The summed E-state index contributed by atoms with van der Waals surface area (Å²) in [6.07, 6.45) is 0. The zero-order valence-corrected chi connectivity index (χ0v) is 16.1. The number of anilines is 1. The number of β-lactam (4-membered cyclic amide) rings is 1. The Morgan fingerprint density at radius 2 is 1.37 bits per heavy atom. The van der Waals surface area contributed by atoms with Crippen molar-refractivity contribution in [2.75, 3.05) is 4.90 Å². The number of carbonyl (C=O) groups excluding carboxylic acids is 3. The molecule has 2 aliphatic rings. The van der Waals surface area contributed by atoms with E-state index in [4.69, 9.17) is 0 Å². The average Bonchev–Trinajstić information content (AvgIpc) is 2.98. The SMILES string of the molecule is Cc1cccc(N2C(=O)[C@@H](N3C(=O)c4ccccc4C3=O)[C@@H]2c2ccc(F)cc2)c1. The highest BCUT2D eigenvalue weighted by atomic mass is 19.1. The quantitative estimate of drug-likeness (QED) is 0.495. The first-order chi connectivity index (χ1) is 14.5. The fourth-order valence-corrected chi connectivity index (χ4v) is 4.24. The Morgan fingerprint density at radius 3 is 1.97 bits per heavy atom. The number of fused-ring (bicyclic) bond motifs is 1. The summed E-state index contributed by atoms with van der Waals surface area (Å²) in [6, 6.07) is 18.2. The Balaban J connectivity index is 1.60. The van der Waals surface area contributed by atoms with Crippen LogP contribution >= 0.6 is 0 Å². The van der Waals surface area contributed by atoms with Crippen molar-refractivity contribution in [2.45, 2.75) is 19.0 Å². The monoisotopic (exact) mass is 400 g/mol. The second kappa shape index (κ2) is 6.62. The number of rotatable bonds is 3. The minimum absolute atomic E-state index is 0.294. The van der Waals surface area contributed by atoms with Gasteiger partial charge in [-0.15, -0.1) is 0 Å². The molecular weight excluding hydrogens is 383 g/mol. The number of benzene rings is 3. The van der Waals surface area contributed by atoms with Gasteiger partial charge in [-0.2, -0.15) is 0 Å². The molecule has 0 aromatic heterocycles. The third kappa shape index (κ3) is 2.57. The lowest BCUT2D eigenvalue weighted by molar-refractivity contribution is -0.130. The van der Waals surface area contributed by atoms with Gasteiger partial charge in [-0.1, -0.05) is 36.4 Å². The molecule has 1 fully saturated rings. The van der Waals surface area contributed by atoms with Crippen LogP contribution < -0.4 is 4.90 Å². The molecular formula is C24H17FN2O3. The van der Waals surface area contributed by atoms with E-state index in [1.54, 1.807) is 47.4 Å². The zero-order valence-electron chi connectivity index (χ0n) is 16.1. The van der Waals surface area contributed by atoms with Gasteiger partial charge in [0.15, 0.2) is 0 Å². The minimum atomic E-state index is -0.983. The fraction of sp³-hybridized carbons (Fsp3) is 0.125. The van der Waals surface area contributed by atoms with Crippen molar-refractivity contribution >= 4 is 23.4 Å². The Morgan fingerprint density at radius 1 is 0.733 bits per heavy atom. The van der Waals surface area contributed by atoms with E-state index < -0.39 is 29.7 Å². The van der Waals surface area contributed by atoms with Crippen molar-refractivity contribution < 1.29 is 18.8 Å². The molecule has 0 spiro atoms. The molecule has 2 aliphatic heterocycles. The molecule has 0 aliphatic carbocycles. The molecule has 5 rings (SSSR count). The first-order valence-electron chi connectivity index (χ1n) is 9.59. The first kappa shape index (κ1) is 18.2. The van der Waals surface area contributed by atoms with Gasteiger partial charge in [-0.3, -0.25) is 19.3 Å². The third-order valence-electron chi connectivity index (χ3n) is 5.66. The molecule has 0 N–H and O–H groups in total. The number of hydrogen-bond donors (Lipinski definition) is 0. The Kier molecular flexibility index (Phi) is 4.03. The van der Waals surface area contributed by atoms with Gasteiger partial charge in [0.2, 0.25) is 0 Å². The van der Waals surface area contributed by atoms with Gasteiger partial charge >= 0.3 is 0 Å². The van der Waals surface area contributed by atoms with Crippen LogP contribution in [-0.2, 0) is 4.79 Å². The van der Waals surface area contributed by atoms with E-state index in [1.807, 2.05) is 25.1 Å². The van der Waals surface area contributed by atoms with Crippen LogP contribution in [-0.4, -0.2) is 28.7 Å². The van der Waals surface area contributed by atoms with E-state index in [1.165, 1.54) is 12.1 Å². The van der Waals surface area contributed by atoms with Gasteiger partial charge in [0.1, 0.15) is 11.9 Å². The van der Waals surface area contributed by atoms with Crippen molar-refractivity contribution in [1.29, 1.82) is 0 Å². The fourth-order valence-electron chi connectivity index (χ4n) is 4.24. The predicted molar refractivity (Wildman–Crippen MR) is 109 cm³/mol. The van der Waals surface area contributed by atoms with E-state index in [0.29, 0.717) is 22.4 Å². The van der Waals surface area contributed by atoms with Crippen LogP contribution in [0.1, 0.15) is 37.9 Å². The lowest BCUT2D eigenvalue weighted by atomic mass is 9.86. The maximum absolute atomic E-state index is 13.5. The topological polar surface area (TPSA) is 57.7 Å². The summed E-state index contributed by atoms with van der Waals surface area (Å²) in [7, 11) is 0. The molecule has 0 saturated carbocycles. The summed E-state index contributed by atoms with van der Waals surface area (Å²) in [5, 5.41) is 0. The van der Waals surface area contributed by atoms with Gasteiger partial charge in [0.05, 0.1) is 17.2 Å². The third-order valence-corrected chi connectivity index (χ3v) is 5.66. The largest absolute Gasteiger partial charge is 0.300 e. The highest BCUT2D eigenvalue weighted by Gasteiger charge is 2.57. The van der Waals surface area contributed by atoms with Crippen molar-refractivity contribution in [1.82, 2.24) is 4.90 Å². The molecule has 3 aromatic carbocycles. The van der Waals surface area contributed by atoms with Gasteiger partial charge in [-0.05, 0) is 54.4 Å². The second-order valence-electron chi connectivity index (χ2n) is 7.51. The molecule has 1 saturated heterocycles. The normalized spacial score (nSPS) is 20.4. The van der Waals surface area contributed by atoms with Crippen molar-refractivity contribution in [3.8, 4) is 0 Å². The number of hydrogen-bond acceptors (Lipinski definition) is 3. The number of amides is 3. The van der Waals surface area contributed by atoms with Crippen LogP contribution in [0.3, 0.4) is 0 Å². The van der Waals surface area contributed by atoms with E-state index in [2.05, 4.69) is 0 Å². The lowest BCUT2D eigenvalue weighted by Gasteiger charge is -2.49. The van der Waals surface area contributed by atoms with E-state index in [-0.39, 0.29) is 5.91 Å². The number of imide groups is 1. The summed E-state index contributed by atoms with van der Waals surface area (Å²) in [5.41, 5.74) is 2.88. The number of nitrogens with zero attached hydrogens (tertiary/aromatic N) is 2. The van der Waals surface area contributed by atoms with Crippen LogP contribution in [0.4, 0.5) is 10.1 Å². The minimum Gasteiger partial charge on any atom is -0.300 e. The maximum Gasteiger partial charge on any atom is 0.262 e. The van der Waals surface area contributed by atoms with E-state index >= 15 is 0 Å².